The lowest BCUT2D eigenvalue weighted by molar-refractivity contribution is -0.140. The molecule has 6 nitrogen and oxygen atoms in total. The van der Waals surface area contributed by atoms with Gasteiger partial charge < -0.3 is 15.5 Å². The second-order valence-electron chi connectivity index (χ2n) is 5.83. The summed E-state index contributed by atoms with van der Waals surface area (Å²) in [5, 5.41) is 6.43. The topological polar surface area (TPSA) is 74.3 Å². The van der Waals surface area contributed by atoms with Crippen LogP contribution >= 0.6 is 24.0 Å². The Morgan fingerprint density at radius 1 is 1.30 bits per heavy atom. The number of aromatic nitrogens is 1. The molecule has 2 saturated heterocycles. The van der Waals surface area contributed by atoms with Crippen LogP contribution < -0.4 is 10.6 Å². The maximum atomic E-state index is 12.3. The van der Waals surface area contributed by atoms with Crippen molar-refractivity contribution >= 4 is 41.6 Å². The molecule has 1 aromatic heterocycles. The minimum Gasteiger partial charge on any atom is -0.342 e. The van der Waals surface area contributed by atoms with Crippen LogP contribution in [0.15, 0.2) is 18.3 Å². The average molecular weight is 359 g/mol. The van der Waals surface area contributed by atoms with Crippen molar-refractivity contribution in [3.8, 4) is 0 Å². The Balaban J connectivity index is 0.00000192. The first-order chi connectivity index (χ1) is 10.6. The molecule has 2 fully saturated rings. The monoisotopic (exact) mass is 358 g/mol. The first-order valence-electron chi connectivity index (χ1n) is 7.55. The molecular formula is C15H20Cl2N4O2. The van der Waals surface area contributed by atoms with E-state index in [0.29, 0.717) is 17.4 Å². The van der Waals surface area contributed by atoms with Crippen molar-refractivity contribution in [3.63, 3.8) is 0 Å². The third-order valence-electron chi connectivity index (χ3n) is 4.21. The molecule has 1 unspecified atom stereocenters. The Bertz CT molecular complexity index is 563. The van der Waals surface area contributed by atoms with E-state index in [1.807, 2.05) is 4.90 Å². The van der Waals surface area contributed by atoms with Gasteiger partial charge in [0.2, 0.25) is 11.8 Å². The van der Waals surface area contributed by atoms with Crippen LogP contribution in [0.3, 0.4) is 0 Å². The second kappa shape index (κ2) is 7.95. The Morgan fingerprint density at radius 3 is 2.70 bits per heavy atom. The lowest BCUT2D eigenvalue weighted by Gasteiger charge is -2.37. The molecule has 1 atom stereocenters. The number of nitrogens with zero attached hydrogens (tertiary/aromatic N) is 2. The molecule has 0 saturated carbocycles. The smallest absolute Gasteiger partial charge is 0.230 e. The van der Waals surface area contributed by atoms with Crippen LogP contribution in [0.1, 0.15) is 12.8 Å². The molecule has 1 aromatic rings. The summed E-state index contributed by atoms with van der Waals surface area (Å²) < 4.78 is 0. The Morgan fingerprint density at radius 2 is 2.09 bits per heavy atom. The van der Waals surface area contributed by atoms with E-state index < -0.39 is 0 Å². The molecule has 2 aliphatic heterocycles. The molecule has 0 radical (unpaired) electrons. The van der Waals surface area contributed by atoms with Crippen molar-refractivity contribution in [1.82, 2.24) is 15.2 Å². The molecule has 126 valence electrons. The van der Waals surface area contributed by atoms with E-state index in [4.69, 9.17) is 11.6 Å². The molecule has 2 aliphatic rings. The highest BCUT2D eigenvalue weighted by atomic mass is 35.5. The zero-order chi connectivity index (χ0) is 15.5. The number of piperidine rings is 1. The molecule has 23 heavy (non-hydrogen) atoms. The molecule has 8 heteroatoms. The van der Waals surface area contributed by atoms with Gasteiger partial charge >= 0.3 is 0 Å². The first-order valence-corrected chi connectivity index (χ1v) is 7.93. The van der Waals surface area contributed by atoms with Crippen molar-refractivity contribution in [1.29, 1.82) is 0 Å². The molecular weight excluding hydrogens is 339 g/mol. The summed E-state index contributed by atoms with van der Waals surface area (Å²) in [7, 11) is 0. The summed E-state index contributed by atoms with van der Waals surface area (Å²) >= 11 is 5.78. The van der Waals surface area contributed by atoms with E-state index in [2.05, 4.69) is 15.6 Å². The van der Waals surface area contributed by atoms with Gasteiger partial charge in [0.05, 0.1) is 16.9 Å². The number of hydrogen-bond donors (Lipinski definition) is 2. The number of likely N-dealkylation sites (tertiary alicyclic amines) is 1. The maximum absolute atomic E-state index is 12.3. The standard InChI is InChI=1S/C15H19ClN4O2.ClH/c16-12-3-4-13(18-8-12)19-14(21)10-2-1-5-20(9-10)15(22)11-6-17-7-11;/h3-4,8,10-11,17H,1-2,5-7,9H2,(H,18,19,21);1H. The van der Waals surface area contributed by atoms with Gasteiger partial charge in [0, 0.05) is 32.4 Å². The number of amides is 2. The zero-order valence-corrected chi connectivity index (χ0v) is 14.2. The van der Waals surface area contributed by atoms with Crippen LogP contribution in [0.2, 0.25) is 5.02 Å². The molecule has 0 bridgehead atoms. The third-order valence-corrected chi connectivity index (χ3v) is 4.44. The average Bonchev–Trinajstić information content (AvgIpc) is 2.48. The number of carbonyl (C=O) groups is 2. The number of hydrogen-bond acceptors (Lipinski definition) is 4. The molecule has 0 spiro atoms. The summed E-state index contributed by atoms with van der Waals surface area (Å²) in [6, 6.07) is 3.36. The fourth-order valence-electron chi connectivity index (χ4n) is 2.79. The minimum absolute atomic E-state index is 0. The van der Waals surface area contributed by atoms with Crippen LogP contribution in [-0.2, 0) is 9.59 Å². The van der Waals surface area contributed by atoms with E-state index in [1.165, 1.54) is 6.20 Å². The quantitative estimate of drug-likeness (QED) is 0.859. The highest BCUT2D eigenvalue weighted by molar-refractivity contribution is 6.30. The Hall–Kier alpha value is -1.37. The number of carbonyl (C=O) groups excluding carboxylic acids is 2. The van der Waals surface area contributed by atoms with Gasteiger partial charge in [0.25, 0.3) is 0 Å². The second-order valence-corrected chi connectivity index (χ2v) is 6.27. The van der Waals surface area contributed by atoms with Gasteiger partial charge in [-0.3, -0.25) is 9.59 Å². The largest absolute Gasteiger partial charge is 0.342 e. The lowest BCUT2D eigenvalue weighted by Crippen LogP contribution is -2.54. The van der Waals surface area contributed by atoms with Gasteiger partial charge in [-0.05, 0) is 25.0 Å². The van der Waals surface area contributed by atoms with Crippen molar-refractivity contribution < 1.29 is 9.59 Å². The number of rotatable bonds is 3. The van der Waals surface area contributed by atoms with Crippen molar-refractivity contribution in [2.45, 2.75) is 12.8 Å². The summed E-state index contributed by atoms with van der Waals surface area (Å²) in [6.45, 7) is 2.74. The molecule has 3 rings (SSSR count). The summed E-state index contributed by atoms with van der Waals surface area (Å²) in [6.07, 6.45) is 3.15. The Kier molecular flexibility index (Phi) is 6.21. The lowest BCUT2D eigenvalue weighted by atomic mass is 9.94. The van der Waals surface area contributed by atoms with Gasteiger partial charge in [-0.15, -0.1) is 12.4 Å². The van der Waals surface area contributed by atoms with E-state index >= 15 is 0 Å². The van der Waals surface area contributed by atoms with Crippen LogP contribution in [-0.4, -0.2) is 47.9 Å². The summed E-state index contributed by atoms with van der Waals surface area (Å²) in [4.78, 5) is 30.5. The van der Waals surface area contributed by atoms with E-state index in [9.17, 15) is 9.59 Å². The van der Waals surface area contributed by atoms with Crippen LogP contribution in [0, 0.1) is 11.8 Å². The predicted octanol–water partition coefficient (Wildman–Crippen LogP) is 1.55. The van der Waals surface area contributed by atoms with Crippen LogP contribution in [0.5, 0.6) is 0 Å². The SMILES string of the molecule is Cl.O=C(Nc1ccc(Cl)cn1)C1CCCN(C(=O)C2CNC2)C1. The number of anilines is 1. The molecule has 0 aliphatic carbocycles. The fourth-order valence-corrected chi connectivity index (χ4v) is 2.90. The summed E-state index contributed by atoms with van der Waals surface area (Å²) in [5.74, 6) is 0.476. The van der Waals surface area contributed by atoms with Crippen molar-refractivity contribution in [2.75, 3.05) is 31.5 Å². The van der Waals surface area contributed by atoms with Crippen LogP contribution in [0.4, 0.5) is 5.82 Å². The minimum atomic E-state index is -0.178. The fraction of sp³-hybridized carbons (Fsp3) is 0.533. The number of halogens is 2. The van der Waals surface area contributed by atoms with Gasteiger partial charge in [0.15, 0.2) is 0 Å². The number of nitrogens with one attached hydrogen (secondary N) is 2. The van der Waals surface area contributed by atoms with Gasteiger partial charge in [-0.2, -0.15) is 0 Å². The van der Waals surface area contributed by atoms with Gasteiger partial charge in [-0.1, -0.05) is 11.6 Å². The highest BCUT2D eigenvalue weighted by Crippen LogP contribution is 2.21. The molecule has 2 amide bonds. The molecule has 2 N–H and O–H groups in total. The zero-order valence-electron chi connectivity index (χ0n) is 12.6. The van der Waals surface area contributed by atoms with Crippen molar-refractivity contribution in [3.05, 3.63) is 23.4 Å². The Labute approximate surface area is 146 Å². The molecule has 3 heterocycles. The van der Waals surface area contributed by atoms with E-state index in [1.54, 1.807) is 12.1 Å². The predicted molar refractivity (Wildman–Crippen MR) is 90.8 cm³/mol. The normalized spacial score (nSPS) is 21.1. The molecule has 0 aromatic carbocycles. The van der Waals surface area contributed by atoms with Crippen molar-refractivity contribution in [2.24, 2.45) is 11.8 Å². The maximum Gasteiger partial charge on any atom is 0.230 e. The third kappa shape index (κ3) is 4.34. The van der Waals surface area contributed by atoms with E-state index in [-0.39, 0.29) is 36.1 Å². The van der Waals surface area contributed by atoms with Gasteiger partial charge in [-0.25, -0.2) is 4.98 Å². The first kappa shape index (κ1) is 18.0. The summed E-state index contributed by atoms with van der Waals surface area (Å²) in [5.41, 5.74) is 0. The van der Waals surface area contributed by atoms with Crippen LogP contribution in [0.25, 0.3) is 0 Å². The van der Waals surface area contributed by atoms with Gasteiger partial charge in [0.1, 0.15) is 5.82 Å². The highest BCUT2D eigenvalue weighted by Gasteiger charge is 2.34. The number of pyridine rings is 1. The van der Waals surface area contributed by atoms with E-state index in [0.717, 1.165) is 32.5 Å².